The van der Waals surface area contributed by atoms with Gasteiger partial charge in [0, 0.05) is 18.5 Å². The van der Waals surface area contributed by atoms with Gasteiger partial charge >= 0.3 is 0 Å². The van der Waals surface area contributed by atoms with Gasteiger partial charge in [0.25, 0.3) is 5.91 Å². The molecule has 0 aliphatic carbocycles. The number of para-hydroxylation sites is 1. The van der Waals surface area contributed by atoms with E-state index in [-0.39, 0.29) is 17.5 Å². The van der Waals surface area contributed by atoms with Crippen molar-refractivity contribution in [3.8, 4) is 5.75 Å². The summed E-state index contributed by atoms with van der Waals surface area (Å²) >= 11 is 0. The first kappa shape index (κ1) is 18.2. The van der Waals surface area contributed by atoms with E-state index >= 15 is 0 Å². The Bertz CT molecular complexity index is 985. The summed E-state index contributed by atoms with van der Waals surface area (Å²) in [5.41, 5.74) is 1.08. The Kier molecular flexibility index (Phi) is 5.10. The zero-order chi connectivity index (χ0) is 19.5. The van der Waals surface area contributed by atoms with Crippen LogP contribution in [0.5, 0.6) is 5.75 Å². The SMILES string of the molecule is COc1ccccc1Cc1cnc([C@H]2CCCN2C(=O)c2ccccc2F)o1. The predicted molar refractivity (Wildman–Crippen MR) is 102 cm³/mol. The number of carbonyl (C=O) groups is 1. The fourth-order valence-electron chi connectivity index (χ4n) is 3.65. The Morgan fingerprint density at radius 1 is 1.25 bits per heavy atom. The zero-order valence-electron chi connectivity index (χ0n) is 15.6. The van der Waals surface area contributed by atoms with E-state index in [0.717, 1.165) is 24.2 Å². The van der Waals surface area contributed by atoms with Crippen LogP contribution < -0.4 is 4.74 Å². The van der Waals surface area contributed by atoms with Crippen molar-refractivity contribution >= 4 is 5.91 Å². The number of halogens is 1. The topological polar surface area (TPSA) is 55.6 Å². The van der Waals surface area contributed by atoms with Crippen LogP contribution in [0.4, 0.5) is 4.39 Å². The van der Waals surface area contributed by atoms with Gasteiger partial charge in [-0.05, 0) is 31.0 Å². The highest BCUT2D eigenvalue weighted by Gasteiger charge is 2.34. The van der Waals surface area contributed by atoms with Crippen molar-refractivity contribution in [3.63, 3.8) is 0 Å². The van der Waals surface area contributed by atoms with Gasteiger partial charge in [-0.3, -0.25) is 4.79 Å². The highest BCUT2D eigenvalue weighted by molar-refractivity contribution is 5.94. The number of ether oxygens (including phenoxy) is 1. The van der Waals surface area contributed by atoms with E-state index < -0.39 is 5.82 Å². The van der Waals surface area contributed by atoms with Crippen molar-refractivity contribution in [1.29, 1.82) is 0 Å². The van der Waals surface area contributed by atoms with Crippen LogP contribution in [0.15, 0.2) is 59.1 Å². The van der Waals surface area contributed by atoms with Crippen LogP contribution in [-0.2, 0) is 6.42 Å². The lowest BCUT2D eigenvalue weighted by Gasteiger charge is -2.22. The van der Waals surface area contributed by atoms with Crippen molar-refractivity contribution in [2.75, 3.05) is 13.7 Å². The average molecular weight is 380 g/mol. The Labute approximate surface area is 162 Å². The molecule has 28 heavy (non-hydrogen) atoms. The molecule has 1 atom stereocenters. The molecule has 5 nitrogen and oxygen atoms in total. The fourth-order valence-corrected chi connectivity index (χ4v) is 3.65. The Hall–Kier alpha value is -3.15. The third-order valence-corrected chi connectivity index (χ3v) is 5.03. The van der Waals surface area contributed by atoms with Gasteiger partial charge in [0.05, 0.1) is 18.9 Å². The molecule has 1 fully saturated rings. The van der Waals surface area contributed by atoms with Crippen LogP contribution in [-0.4, -0.2) is 29.4 Å². The number of amides is 1. The lowest BCUT2D eigenvalue weighted by molar-refractivity contribution is 0.0710. The van der Waals surface area contributed by atoms with Gasteiger partial charge in [-0.15, -0.1) is 0 Å². The van der Waals surface area contributed by atoms with Crippen LogP contribution >= 0.6 is 0 Å². The minimum atomic E-state index is -0.512. The van der Waals surface area contributed by atoms with Gasteiger partial charge in [-0.25, -0.2) is 9.37 Å². The molecule has 0 saturated carbocycles. The number of nitrogens with zero attached hydrogens (tertiary/aromatic N) is 2. The molecular weight excluding hydrogens is 359 g/mol. The number of methoxy groups -OCH3 is 1. The maximum Gasteiger partial charge on any atom is 0.257 e. The van der Waals surface area contributed by atoms with Crippen molar-refractivity contribution < 1.29 is 18.3 Å². The summed E-state index contributed by atoms with van der Waals surface area (Å²) in [5, 5.41) is 0. The Balaban J connectivity index is 1.54. The summed E-state index contributed by atoms with van der Waals surface area (Å²) in [6.45, 7) is 0.558. The van der Waals surface area contributed by atoms with E-state index in [0.29, 0.717) is 24.6 Å². The first-order chi connectivity index (χ1) is 13.7. The highest BCUT2D eigenvalue weighted by atomic mass is 19.1. The molecule has 1 aliphatic heterocycles. The number of hydrogen-bond acceptors (Lipinski definition) is 4. The number of hydrogen-bond donors (Lipinski definition) is 0. The molecule has 6 heteroatoms. The second-order valence-corrected chi connectivity index (χ2v) is 6.79. The minimum Gasteiger partial charge on any atom is -0.496 e. The van der Waals surface area contributed by atoms with Crippen molar-refractivity contribution in [2.45, 2.75) is 25.3 Å². The van der Waals surface area contributed by atoms with Crippen LogP contribution in [0.1, 0.15) is 46.5 Å². The van der Waals surface area contributed by atoms with Crippen LogP contribution in [0.2, 0.25) is 0 Å². The van der Waals surface area contributed by atoms with Gasteiger partial charge < -0.3 is 14.1 Å². The predicted octanol–water partition coefficient (Wildman–Crippen LogP) is 4.39. The van der Waals surface area contributed by atoms with E-state index in [4.69, 9.17) is 9.15 Å². The molecule has 144 valence electrons. The first-order valence-corrected chi connectivity index (χ1v) is 9.29. The maximum absolute atomic E-state index is 14.0. The average Bonchev–Trinajstić information content (AvgIpc) is 3.37. The number of aromatic nitrogens is 1. The standard InChI is InChI=1S/C22H21FN2O3/c1-27-20-11-5-2-7-15(20)13-16-14-24-21(28-16)19-10-6-12-25(19)22(26)17-8-3-4-9-18(17)23/h2-5,7-9,11,14,19H,6,10,12-13H2,1H3/t19-/m1/s1. The molecule has 0 N–H and O–H groups in total. The summed E-state index contributed by atoms with van der Waals surface area (Å²) in [5.74, 6) is 1.14. The number of benzene rings is 2. The number of rotatable bonds is 5. The lowest BCUT2D eigenvalue weighted by Crippen LogP contribution is -2.31. The minimum absolute atomic E-state index is 0.0789. The molecule has 0 unspecified atom stereocenters. The Morgan fingerprint density at radius 3 is 2.86 bits per heavy atom. The number of likely N-dealkylation sites (tertiary alicyclic amines) is 1. The normalized spacial score (nSPS) is 16.4. The fraction of sp³-hybridized carbons (Fsp3) is 0.273. The van der Waals surface area contributed by atoms with Gasteiger partial charge in [-0.2, -0.15) is 0 Å². The molecular formula is C22H21FN2O3. The third-order valence-electron chi connectivity index (χ3n) is 5.03. The smallest absolute Gasteiger partial charge is 0.257 e. The van der Waals surface area contributed by atoms with Gasteiger partial charge in [0.2, 0.25) is 5.89 Å². The highest BCUT2D eigenvalue weighted by Crippen LogP contribution is 2.33. The molecule has 1 aromatic heterocycles. The molecule has 2 heterocycles. The van der Waals surface area contributed by atoms with Gasteiger partial charge in [0.15, 0.2) is 0 Å². The number of oxazole rings is 1. The summed E-state index contributed by atoms with van der Waals surface area (Å²) in [6, 6.07) is 13.5. The number of carbonyl (C=O) groups excluding carboxylic acids is 1. The molecule has 2 aromatic carbocycles. The molecule has 4 rings (SSSR count). The molecule has 1 aliphatic rings. The van der Waals surface area contributed by atoms with Crippen molar-refractivity contribution in [3.05, 3.63) is 83.3 Å². The Morgan fingerprint density at radius 2 is 2.04 bits per heavy atom. The summed E-state index contributed by atoms with van der Waals surface area (Å²) in [4.78, 5) is 18.9. The largest absolute Gasteiger partial charge is 0.496 e. The van der Waals surface area contributed by atoms with E-state index in [9.17, 15) is 9.18 Å². The summed E-state index contributed by atoms with van der Waals surface area (Å²) in [6.07, 6.45) is 3.81. The van der Waals surface area contributed by atoms with Crippen LogP contribution in [0.25, 0.3) is 0 Å². The van der Waals surface area contributed by atoms with Crippen LogP contribution in [0.3, 0.4) is 0 Å². The van der Waals surface area contributed by atoms with E-state index in [2.05, 4.69) is 4.98 Å². The molecule has 0 spiro atoms. The maximum atomic E-state index is 14.0. The second-order valence-electron chi connectivity index (χ2n) is 6.79. The summed E-state index contributed by atoms with van der Waals surface area (Å²) in [7, 11) is 1.63. The van der Waals surface area contributed by atoms with Gasteiger partial charge in [0.1, 0.15) is 23.4 Å². The van der Waals surface area contributed by atoms with E-state index in [1.807, 2.05) is 24.3 Å². The summed E-state index contributed by atoms with van der Waals surface area (Å²) < 4.78 is 25.4. The second kappa shape index (κ2) is 7.84. The van der Waals surface area contributed by atoms with Crippen molar-refractivity contribution in [1.82, 2.24) is 9.88 Å². The van der Waals surface area contributed by atoms with Crippen LogP contribution in [0, 0.1) is 5.82 Å². The van der Waals surface area contributed by atoms with Crippen molar-refractivity contribution in [2.24, 2.45) is 0 Å². The quantitative estimate of drug-likeness (QED) is 0.659. The zero-order valence-corrected chi connectivity index (χ0v) is 15.6. The van der Waals surface area contributed by atoms with E-state index in [1.165, 1.54) is 12.1 Å². The van der Waals surface area contributed by atoms with Gasteiger partial charge in [-0.1, -0.05) is 30.3 Å². The third kappa shape index (κ3) is 3.50. The van der Waals surface area contributed by atoms with E-state index in [1.54, 1.807) is 30.3 Å². The molecule has 1 saturated heterocycles. The molecule has 0 bridgehead atoms. The first-order valence-electron chi connectivity index (χ1n) is 9.29. The molecule has 3 aromatic rings. The molecule has 1 amide bonds. The molecule has 0 radical (unpaired) electrons. The lowest BCUT2D eigenvalue weighted by atomic mass is 10.1. The monoisotopic (exact) mass is 380 g/mol.